The van der Waals surface area contributed by atoms with Crippen molar-refractivity contribution in [3.63, 3.8) is 0 Å². The van der Waals surface area contributed by atoms with Gasteiger partial charge in [0.15, 0.2) is 0 Å². The van der Waals surface area contributed by atoms with E-state index < -0.39 is 0 Å². The molecule has 0 atom stereocenters. The Bertz CT molecular complexity index is 525. The van der Waals surface area contributed by atoms with Crippen molar-refractivity contribution in [3.8, 4) is 0 Å². The van der Waals surface area contributed by atoms with Crippen LogP contribution in [-0.2, 0) is 5.41 Å². The molecule has 0 heterocycles. The SMILES string of the molecule is [C]=C(c1ccccc1)c1ccc(C(C)(C)C)cc1. The molecule has 2 aromatic rings. The van der Waals surface area contributed by atoms with Gasteiger partial charge in [0.05, 0.1) is 0 Å². The molecule has 0 aromatic heterocycles. The van der Waals surface area contributed by atoms with Gasteiger partial charge in [-0.1, -0.05) is 75.4 Å². The molecule has 90 valence electrons. The summed E-state index contributed by atoms with van der Waals surface area (Å²) in [5.74, 6) is 0. The van der Waals surface area contributed by atoms with Crippen LogP contribution in [0.5, 0.6) is 0 Å². The van der Waals surface area contributed by atoms with Crippen LogP contribution in [0.3, 0.4) is 0 Å². The Morgan fingerprint density at radius 1 is 0.778 bits per heavy atom. The largest absolute Gasteiger partial charge is 0.0622 e. The lowest BCUT2D eigenvalue weighted by atomic mass is 9.86. The lowest BCUT2D eigenvalue weighted by molar-refractivity contribution is 0.590. The predicted molar refractivity (Wildman–Crippen MR) is 77.3 cm³/mol. The molecule has 0 nitrogen and oxygen atoms in total. The maximum atomic E-state index is 8.20. The second-order valence-electron chi connectivity index (χ2n) is 5.57. The Balaban J connectivity index is 2.28. The molecular formula is C18H18. The molecule has 0 unspecified atom stereocenters. The average molecular weight is 234 g/mol. The molecule has 0 N–H and O–H groups in total. The van der Waals surface area contributed by atoms with Crippen molar-refractivity contribution in [2.24, 2.45) is 0 Å². The highest BCUT2D eigenvalue weighted by atomic mass is 14.2. The second kappa shape index (κ2) is 4.81. The molecule has 0 saturated heterocycles. The first-order valence-corrected chi connectivity index (χ1v) is 6.23. The third-order valence-electron chi connectivity index (χ3n) is 3.10. The monoisotopic (exact) mass is 234 g/mol. The first-order chi connectivity index (χ1) is 8.48. The fourth-order valence-corrected chi connectivity index (χ4v) is 1.91. The van der Waals surface area contributed by atoms with Crippen molar-refractivity contribution < 1.29 is 0 Å². The van der Waals surface area contributed by atoms with Crippen molar-refractivity contribution in [2.45, 2.75) is 26.2 Å². The molecule has 2 rings (SSSR count). The first-order valence-electron chi connectivity index (χ1n) is 6.23. The Morgan fingerprint density at radius 3 is 1.78 bits per heavy atom. The molecule has 0 spiro atoms. The highest BCUT2D eigenvalue weighted by molar-refractivity contribution is 5.76. The summed E-state index contributed by atoms with van der Waals surface area (Å²) >= 11 is 0. The van der Waals surface area contributed by atoms with E-state index in [4.69, 9.17) is 6.58 Å². The van der Waals surface area contributed by atoms with Crippen LogP contribution in [0.4, 0.5) is 0 Å². The van der Waals surface area contributed by atoms with Gasteiger partial charge in [0, 0.05) is 0 Å². The first kappa shape index (κ1) is 12.6. The molecule has 0 fully saturated rings. The molecule has 2 radical (unpaired) electrons. The third-order valence-corrected chi connectivity index (χ3v) is 3.10. The molecule has 0 saturated carbocycles. The van der Waals surface area contributed by atoms with Gasteiger partial charge in [-0.25, -0.2) is 0 Å². The summed E-state index contributed by atoms with van der Waals surface area (Å²) in [4.78, 5) is 0. The van der Waals surface area contributed by atoms with Gasteiger partial charge in [0.25, 0.3) is 0 Å². The second-order valence-corrected chi connectivity index (χ2v) is 5.57. The lowest BCUT2D eigenvalue weighted by Gasteiger charge is -2.19. The van der Waals surface area contributed by atoms with Gasteiger partial charge in [-0.2, -0.15) is 0 Å². The quantitative estimate of drug-likeness (QED) is 0.705. The van der Waals surface area contributed by atoms with Crippen molar-refractivity contribution >= 4 is 5.57 Å². The summed E-state index contributed by atoms with van der Waals surface area (Å²) in [6.07, 6.45) is 0. The van der Waals surface area contributed by atoms with Crippen molar-refractivity contribution in [1.29, 1.82) is 0 Å². The van der Waals surface area contributed by atoms with Crippen molar-refractivity contribution in [2.75, 3.05) is 0 Å². The smallest absolute Gasteiger partial charge is 0.0000936 e. The molecular weight excluding hydrogens is 216 g/mol. The minimum Gasteiger partial charge on any atom is -0.0622 e. The van der Waals surface area contributed by atoms with Crippen LogP contribution in [0, 0.1) is 6.58 Å². The van der Waals surface area contributed by atoms with Crippen LogP contribution < -0.4 is 0 Å². The Hall–Kier alpha value is -1.82. The van der Waals surface area contributed by atoms with Gasteiger partial charge in [-0.3, -0.25) is 0 Å². The summed E-state index contributed by atoms with van der Waals surface area (Å²) < 4.78 is 0. The van der Waals surface area contributed by atoms with E-state index in [-0.39, 0.29) is 5.41 Å². The van der Waals surface area contributed by atoms with Crippen LogP contribution in [0.1, 0.15) is 37.5 Å². The minimum absolute atomic E-state index is 0.160. The molecule has 0 heteroatoms. The van der Waals surface area contributed by atoms with E-state index >= 15 is 0 Å². The topological polar surface area (TPSA) is 0 Å². The normalized spacial score (nSPS) is 11.3. The molecule has 0 amide bonds. The Kier molecular flexibility index (Phi) is 3.38. The highest BCUT2D eigenvalue weighted by Gasteiger charge is 2.13. The fraction of sp³-hybridized carbons (Fsp3) is 0.222. The standard InChI is InChI=1S/C18H18/c1-14(15-8-6-5-7-9-15)16-10-12-17(13-11-16)18(2,3)4/h5-13H,2-4H3. The zero-order valence-electron chi connectivity index (χ0n) is 11.2. The van der Waals surface area contributed by atoms with E-state index in [0.717, 1.165) is 11.1 Å². The highest BCUT2D eigenvalue weighted by Crippen LogP contribution is 2.26. The van der Waals surface area contributed by atoms with Crippen LogP contribution in [-0.4, -0.2) is 0 Å². The Morgan fingerprint density at radius 2 is 1.28 bits per heavy atom. The number of benzene rings is 2. The molecule has 0 aliphatic carbocycles. The maximum absolute atomic E-state index is 8.20. The van der Waals surface area contributed by atoms with Gasteiger partial charge < -0.3 is 0 Å². The summed E-state index contributed by atoms with van der Waals surface area (Å²) in [5.41, 5.74) is 3.96. The van der Waals surface area contributed by atoms with E-state index in [1.165, 1.54) is 5.56 Å². The summed E-state index contributed by atoms with van der Waals surface area (Å²) in [7, 11) is 0. The summed E-state index contributed by atoms with van der Waals surface area (Å²) in [6.45, 7) is 14.8. The molecule has 0 aliphatic rings. The lowest BCUT2D eigenvalue weighted by Crippen LogP contribution is -2.10. The summed E-state index contributed by atoms with van der Waals surface area (Å²) in [6, 6.07) is 18.2. The summed E-state index contributed by atoms with van der Waals surface area (Å²) in [5, 5.41) is 0. The van der Waals surface area contributed by atoms with E-state index in [2.05, 4.69) is 32.9 Å². The maximum Gasteiger partial charge on any atom is -0.0000936 e. The number of hydrogen-bond donors (Lipinski definition) is 0. The minimum atomic E-state index is 0.160. The molecule has 0 bridgehead atoms. The van der Waals surface area contributed by atoms with Crippen LogP contribution >= 0.6 is 0 Å². The molecule has 2 aromatic carbocycles. The van der Waals surface area contributed by atoms with E-state index in [1.807, 2.05) is 42.5 Å². The van der Waals surface area contributed by atoms with E-state index in [9.17, 15) is 0 Å². The fourth-order valence-electron chi connectivity index (χ4n) is 1.91. The Labute approximate surface area is 110 Å². The van der Waals surface area contributed by atoms with E-state index in [1.54, 1.807) is 0 Å². The molecule has 18 heavy (non-hydrogen) atoms. The van der Waals surface area contributed by atoms with Crippen molar-refractivity contribution in [3.05, 3.63) is 77.9 Å². The van der Waals surface area contributed by atoms with E-state index in [0.29, 0.717) is 5.57 Å². The van der Waals surface area contributed by atoms with Crippen LogP contribution in [0.15, 0.2) is 54.6 Å². The van der Waals surface area contributed by atoms with Gasteiger partial charge in [0.2, 0.25) is 0 Å². The number of hydrogen-bond acceptors (Lipinski definition) is 0. The van der Waals surface area contributed by atoms with Gasteiger partial charge in [-0.05, 0) is 34.3 Å². The zero-order valence-corrected chi connectivity index (χ0v) is 11.2. The van der Waals surface area contributed by atoms with Gasteiger partial charge in [0.1, 0.15) is 0 Å². The zero-order chi connectivity index (χ0) is 13.2. The average Bonchev–Trinajstić information content (AvgIpc) is 2.38. The third kappa shape index (κ3) is 2.70. The van der Waals surface area contributed by atoms with Crippen LogP contribution in [0.2, 0.25) is 0 Å². The van der Waals surface area contributed by atoms with Crippen LogP contribution in [0.25, 0.3) is 5.57 Å². The number of rotatable bonds is 2. The van der Waals surface area contributed by atoms with Gasteiger partial charge >= 0.3 is 0 Å². The van der Waals surface area contributed by atoms with Gasteiger partial charge in [-0.15, -0.1) is 0 Å². The predicted octanol–water partition coefficient (Wildman–Crippen LogP) is 4.73. The van der Waals surface area contributed by atoms with Crippen molar-refractivity contribution in [1.82, 2.24) is 0 Å². The molecule has 0 aliphatic heterocycles.